The molecule has 0 bridgehead atoms. The van der Waals surface area contributed by atoms with E-state index >= 15 is 0 Å². The van der Waals surface area contributed by atoms with E-state index in [1.165, 1.54) is 0 Å². The third kappa shape index (κ3) is 4.58. The number of aromatic nitrogens is 1. The number of nitrogens with zero attached hydrogens (tertiary/aromatic N) is 2. The van der Waals surface area contributed by atoms with Crippen LogP contribution in [0.4, 0.5) is 0 Å². The molecule has 2 rings (SSSR count). The van der Waals surface area contributed by atoms with Gasteiger partial charge in [0.15, 0.2) is 0 Å². The van der Waals surface area contributed by atoms with Crippen molar-refractivity contribution in [3.05, 3.63) is 29.6 Å². The number of morpholine rings is 1. The number of carbonyl (C=O) groups excluding carboxylic acids is 1. The van der Waals surface area contributed by atoms with Gasteiger partial charge in [0.2, 0.25) is 0 Å². The number of rotatable bonds is 3. The smallest absolute Gasteiger partial charge is 0.357 e. The van der Waals surface area contributed by atoms with Crippen molar-refractivity contribution >= 4 is 5.97 Å². The molecule has 0 aliphatic carbocycles. The minimum absolute atomic E-state index is 0.366. The first-order chi connectivity index (χ1) is 9.44. The van der Waals surface area contributed by atoms with Crippen molar-refractivity contribution in [2.24, 2.45) is 0 Å². The molecule has 2 heterocycles. The van der Waals surface area contributed by atoms with Gasteiger partial charge in [-0.3, -0.25) is 4.90 Å². The molecule has 1 aliphatic heterocycles. The summed E-state index contributed by atoms with van der Waals surface area (Å²) in [5, 5.41) is 0. The van der Waals surface area contributed by atoms with E-state index < -0.39 is 5.60 Å². The summed E-state index contributed by atoms with van der Waals surface area (Å²) in [6.07, 6.45) is 1.66. The molecule has 1 saturated heterocycles. The summed E-state index contributed by atoms with van der Waals surface area (Å²) in [6.45, 7) is 9.73. The molecule has 0 radical (unpaired) electrons. The average Bonchev–Trinajstić information content (AvgIpc) is 2.38. The van der Waals surface area contributed by atoms with Gasteiger partial charge in [-0.15, -0.1) is 0 Å². The molecule has 0 aromatic carbocycles. The van der Waals surface area contributed by atoms with Crippen LogP contribution in [0.3, 0.4) is 0 Å². The van der Waals surface area contributed by atoms with Crippen molar-refractivity contribution in [2.45, 2.75) is 32.9 Å². The van der Waals surface area contributed by atoms with Crippen LogP contribution in [0.1, 0.15) is 36.8 Å². The molecular weight excluding hydrogens is 256 g/mol. The van der Waals surface area contributed by atoms with Crippen LogP contribution in [0.2, 0.25) is 0 Å². The van der Waals surface area contributed by atoms with Gasteiger partial charge in [0.25, 0.3) is 0 Å². The number of ether oxygens (including phenoxy) is 2. The van der Waals surface area contributed by atoms with E-state index in [2.05, 4.69) is 9.88 Å². The summed E-state index contributed by atoms with van der Waals surface area (Å²) in [6, 6.07) is 3.74. The number of hydrogen-bond acceptors (Lipinski definition) is 5. The second kappa shape index (κ2) is 6.33. The predicted octanol–water partition coefficient (Wildman–Crippen LogP) is 1.87. The highest BCUT2D eigenvalue weighted by atomic mass is 16.6. The first-order valence-corrected chi connectivity index (χ1v) is 6.92. The van der Waals surface area contributed by atoms with Crippen molar-refractivity contribution in [2.75, 3.05) is 26.3 Å². The number of pyridine rings is 1. The maximum absolute atomic E-state index is 12.0. The molecule has 1 aromatic rings. The van der Waals surface area contributed by atoms with Gasteiger partial charge in [-0.25, -0.2) is 9.78 Å². The van der Waals surface area contributed by atoms with Crippen LogP contribution in [0.15, 0.2) is 18.3 Å². The van der Waals surface area contributed by atoms with E-state index in [4.69, 9.17) is 9.47 Å². The molecule has 110 valence electrons. The summed E-state index contributed by atoms with van der Waals surface area (Å²) in [5.41, 5.74) is 0.937. The van der Waals surface area contributed by atoms with Crippen LogP contribution in [0, 0.1) is 0 Å². The van der Waals surface area contributed by atoms with Crippen molar-refractivity contribution in [1.82, 2.24) is 9.88 Å². The van der Waals surface area contributed by atoms with Gasteiger partial charge >= 0.3 is 5.97 Å². The zero-order chi connectivity index (χ0) is 14.6. The third-order valence-electron chi connectivity index (χ3n) is 2.94. The quantitative estimate of drug-likeness (QED) is 0.790. The highest BCUT2D eigenvalue weighted by Crippen LogP contribution is 2.13. The van der Waals surface area contributed by atoms with Crippen LogP contribution in [-0.2, 0) is 16.0 Å². The molecule has 0 atom stereocenters. The molecule has 1 aliphatic rings. The molecule has 5 heteroatoms. The van der Waals surface area contributed by atoms with Gasteiger partial charge in [0, 0.05) is 25.8 Å². The minimum atomic E-state index is -0.501. The Kier molecular flexibility index (Phi) is 4.73. The molecule has 0 saturated carbocycles. The van der Waals surface area contributed by atoms with Crippen LogP contribution in [0.5, 0.6) is 0 Å². The van der Waals surface area contributed by atoms with Crippen LogP contribution < -0.4 is 0 Å². The van der Waals surface area contributed by atoms with Crippen molar-refractivity contribution in [3.8, 4) is 0 Å². The highest BCUT2D eigenvalue weighted by molar-refractivity contribution is 5.87. The minimum Gasteiger partial charge on any atom is -0.455 e. The van der Waals surface area contributed by atoms with E-state index in [9.17, 15) is 4.79 Å². The zero-order valence-electron chi connectivity index (χ0n) is 12.4. The molecular formula is C15H22N2O3. The van der Waals surface area contributed by atoms with Gasteiger partial charge in [0.05, 0.1) is 13.2 Å². The SMILES string of the molecule is CC(C)(C)OC(=O)c1cc(CN2CCOCC2)ccn1. The lowest BCUT2D eigenvalue weighted by Gasteiger charge is -2.26. The lowest BCUT2D eigenvalue weighted by atomic mass is 10.2. The van der Waals surface area contributed by atoms with Gasteiger partial charge in [0.1, 0.15) is 11.3 Å². The fourth-order valence-corrected chi connectivity index (χ4v) is 2.03. The molecule has 0 spiro atoms. The Hall–Kier alpha value is -1.46. The molecule has 20 heavy (non-hydrogen) atoms. The second-order valence-electron chi connectivity index (χ2n) is 5.94. The normalized spacial score (nSPS) is 16.9. The number of esters is 1. The van der Waals surface area contributed by atoms with Crippen molar-refractivity contribution in [3.63, 3.8) is 0 Å². The fraction of sp³-hybridized carbons (Fsp3) is 0.600. The standard InChI is InChI=1S/C15H22N2O3/c1-15(2,3)20-14(18)13-10-12(4-5-16-13)11-17-6-8-19-9-7-17/h4-5,10H,6-9,11H2,1-3H3. The van der Waals surface area contributed by atoms with E-state index in [-0.39, 0.29) is 5.97 Å². The maximum Gasteiger partial charge on any atom is 0.357 e. The Balaban J connectivity index is 2.01. The molecule has 1 fully saturated rings. The van der Waals surface area contributed by atoms with Gasteiger partial charge < -0.3 is 9.47 Å². The topological polar surface area (TPSA) is 51.7 Å². The van der Waals surface area contributed by atoms with E-state index in [0.29, 0.717) is 5.69 Å². The molecule has 5 nitrogen and oxygen atoms in total. The van der Waals surface area contributed by atoms with Gasteiger partial charge in [-0.2, -0.15) is 0 Å². The van der Waals surface area contributed by atoms with Gasteiger partial charge in [-0.05, 0) is 38.5 Å². The molecule has 0 N–H and O–H groups in total. The summed E-state index contributed by atoms with van der Waals surface area (Å²) >= 11 is 0. The Bertz CT molecular complexity index is 462. The van der Waals surface area contributed by atoms with Crippen LogP contribution in [-0.4, -0.2) is 47.8 Å². The highest BCUT2D eigenvalue weighted by Gasteiger charge is 2.19. The zero-order valence-corrected chi connectivity index (χ0v) is 12.4. The van der Waals surface area contributed by atoms with Crippen LogP contribution in [0.25, 0.3) is 0 Å². The molecule has 0 unspecified atom stereocenters. The van der Waals surface area contributed by atoms with E-state index in [1.807, 2.05) is 32.9 Å². The largest absolute Gasteiger partial charge is 0.455 e. The monoisotopic (exact) mass is 278 g/mol. The average molecular weight is 278 g/mol. The number of carbonyl (C=O) groups is 1. The fourth-order valence-electron chi connectivity index (χ4n) is 2.03. The van der Waals surface area contributed by atoms with E-state index in [1.54, 1.807) is 6.20 Å². The predicted molar refractivity (Wildman–Crippen MR) is 75.5 cm³/mol. The first-order valence-electron chi connectivity index (χ1n) is 6.92. The third-order valence-corrected chi connectivity index (χ3v) is 2.94. The van der Waals surface area contributed by atoms with Gasteiger partial charge in [-0.1, -0.05) is 0 Å². The summed E-state index contributed by atoms with van der Waals surface area (Å²) in [5.74, 6) is -0.374. The van der Waals surface area contributed by atoms with Crippen molar-refractivity contribution in [1.29, 1.82) is 0 Å². The van der Waals surface area contributed by atoms with Crippen molar-refractivity contribution < 1.29 is 14.3 Å². The van der Waals surface area contributed by atoms with E-state index in [0.717, 1.165) is 38.4 Å². The Morgan fingerprint density at radius 1 is 1.40 bits per heavy atom. The summed E-state index contributed by atoms with van der Waals surface area (Å²) in [4.78, 5) is 18.4. The number of hydrogen-bond donors (Lipinski definition) is 0. The lowest BCUT2D eigenvalue weighted by molar-refractivity contribution is 0.00621. The summed E-state index contributed by atoms with van der Waals surface area (Å²) in [7, 11) is 0. The van der Waals surface area contributed by atoms with Crippen LogP contribution >= 0.6 is 0 Å². The Morgan fingerprint density at radius 3 is 2.75 bits per heavy atom. The summed E-state index contributed by atoms with van der Waals surface area (Å²) < 4.78 is 10.7. The molecule has 1 aromatic heterocycles. The second-order valence-corrected chi connectivity index (χ2v) is 5.94. The first kappa shape index (κ1) is 14.9. The lowest BCUT2D eigenvalue weighted by Crippen LogP contribution is -2.35. The Labute approximate surface area is 119 Å². The maximum atomic E-state index is 12.0. The Morgan fingerprint density at radius 2 is 2.10 bits per heavy atom. The molecule has 0 amide bonds.